The molecule has 1 saturated carbocycles. The number of rotatable bonds is 4. The molecular weight excluding hydrogens is 328 g/mol. The van der Waals surface area contributed by atoms with Crippen LogP contribution in [0, 0.1) is 18.8 Å². The number of carbonyl (C=O) groups is 2. The fraction of sp³-hybridized carbons (Fsp3) is 0.550. The molecule has 6 nitrogen and oxygen atoms in total. The number of imidazole rings is 1. The van der Waals surface area contributed by atoms with Gasteiger partial charge in [-0.2, -0.15) is 0 Å². The zero-order valence-electron chi connectivity index (χ0n) is 15.4. The highest BCUT2D eigenvalue weighted by atomic mass is 16.2. The smallest absolute Gasteiger partial charge is 0.226 e. The van der Waals surface area contributed by atoms with Crippen LogP contribution in [0.1, 0.15) is 37.4 Å². The Morgan fingerprint density at radius 2 is 2.19 bits per heavy atom. The lowest BCUT2D eigenvalue weighted by Gasteiger charge is -2.31. The van der Waals surface area contributed by atoms with E-state index in [9.17, 15) is 9.59 Å². The first kappa shape index (κ1) is 17.1. The fourth-order valence-corrected chi connectivity index (χ4v) is 4.79. The molecule has 4 rings (SSSR count). The number of nitrogens with zero attached hydrogens (tertiary/aromatic N) is 3. The lowest BCUT2D eigenvalue weighted by Crippen LogP contribution is -2.42. The summed E-state index contributed by atoms with van der Waals surface area (Å²) < 4.78 is 1.98. The average molecular weight is 354 g/mol. The Hall–Kier alpha value is -2.37. The molecule has 0 aromatic carbocycles. The van der Waals surface area contributed by atoms with Gasteiger partial charge >= 0.3 is 0 Å². The van der Waals surface area contributed by atoms with Crippen LogP contribution in [0.2, 0.25) is 0 Å². The molecule has 2 fully saturated rings. The van der Waals surface area contributed by atoms with E-state index in [2.05, 4.69) is 10.3 Å². The molecule has 2 aromatic heterocycles. The molecule has 3 heterocycles. The van der Waals surface area contributed by atoms with E-state index < -0.39 is 0 Å². The summed E-state index contributed by atoms with van der Waals surface area (Å²) in [5, 5.41) is 3.11. The minimum atomic E-state index is 0.0210. The van der Waals surface area contributed by atoms with Crippen molar-refractivity contribution in [1.82, 2.24) is 19.6 Å². The number of nitrogens with one attached hydrogen (secondary N) is 1. The van der Waals surface area contributed by atoms with Gasteiger partial charge in [0.05, 0.1) is 12.1 Å². The number of aryl methyl sites for hydroxylation is 1. The number of pyridine rings is 1. The Kier molecular flexibility index (Phi) is 4.42. The van der Waals surface area contributed by atoms with Gasteiger partial charge in [0, 0.05) is 44.4 Å². The quantitative estimate of drug-likeness (QED) is 0.913. The molecule has 2 aliphatic rings. The van der Waals surface area contributed by atoms with Crippen LogP contribution in [0.4, 0.5) is 0 Å². The maximum atomic E-state index is 12.5. The Bertz CT molecular complexity index is 843. The van der Waals surface area contributed by atoms with Gasteiger partial charge in [-0.1, -0.05) is 12.5 Å². The molecule has 26 heavy (non-hydrogen) atoms. The second-order valence-corrected chi connectivity index (χ2v) is 7.71. The predicted molar refractivity (Wildman–Crippen MR) is 98.6 cm³/mol. The normalized spacial score (nSPS) is 24.8. The highest BCUT2D eigenvalue weighted by molar-refractivity contribution is 5.78. The van der Waals surface area contributed by atoms with Crippen LogP contribution in [-0.2, 0) is 16.0 Å². The third kappa shape index (κ3) is 2.97. The molecule has 138 valence electrons. The predicted octanol–water partition coefficient (Wildman–Crippen LogP) is 1.95. The Morgan fingerprint density at radius 3 is 3.00 bits per heavy atom. The molecule has 6 heteroatoms. The van der Waals surface area contributed by atoms with E-state index in [0.717, 1.165) is 36.3 Å². The van der Waals surface area contributed by atoms with Crippen LogP contribution in [0.3, 0.4) is 0 Å². The lowest BCUT2D eigenvalue weighted by atomic mass is 9.79. The summed E-state index contributed by atoms with van der Waals surface area (Å²) in [5.41, 5.74) is 2.90. The molecule has 3 atom stereocenters. The van der Waals surface area contributed by atoms with E-state index in [1.165, 1.54) is 6.42 Å². The fourth-order valence-electron chi connectivity index (χ4n) is 4.79. The van der Waals surface area contributed by atoms with Crippen molar-refractivity contribution < 1.29 is 9.59 Å². The molecule has 2 bridgehead atoms. The zero-order valence-corrected chi connectivity index (χ0v) is 15.4. The van der Waals surface area contributed by atoms with Gasteiger partial charge in [0.1, 0.15) is 5.65 Å². The number of aromatic nitrogens is 2. The summed E-state index contributed by atoms with van der Waals surface area (Å²) in [5.74, 6) is 1.10. The van der Waals surface area contributed by atoms with Crippen molar-refractivity contribution in [3.05, 3.63) is 35.8 Å². The van der Waals surface area contributed by atoms with Crippen molar-refractivity contribution >= 4 is 17.5 Å². The molecule has 1 aliphatic heterocycles. The summed E-state index contributed by atoms with van der Waals surface area (Å²) >= 11 is 0. The van der Waals surface area contributed by atoms with E-state index >= 15 is 0 Å². The molecule has 2 amide bonds. The second kappa shape index (κ2) is 6.74. The number of hydrogen-bond donors (Lipinski definition) is 1. The van der Waals surface area contributed by atoms with Crippen molar-refractivity contribution in [3.8, 4) is 0 Å². The van der Waals surface area contributed by atoms with Gasteiger partial charge in [0.25, 0.3) is 0 Å². The van der Waals surface area contributed by atoms with E-state index in [-0.39, 0.29) is 11.8 Å². The van der Waals surface area contributed by atoms with Crippen molar-refractivity contribution in [2.24, 2.45) is 11.8 Å². The van der Waals surface area contributed by atoms with Gasteiger partial charge in [-0.3, -0.25) is 9.59 Å². The maximum Gasteiger partial charge on any atom is 0.226 e. The summed E-state index contributed by atoms with van der Waals surface area (Å²) in [4.78, 5) is 30.8. The van der Waals surface area contributed by atoms with E-state index in [1.54, 1.807) is 13.1 Å². The number of likely N-dealkylation sites (tertiary alicyclic amines) is 1. The van der Waals surface area contributed by atoms with Gasteiger partial charge in [0.15, 0.2) is 0 Å². The van der Waals surface area contributed by atoms with Gasteiger partial charge in [-0.15, -0.1) is 0 Å². The van der Waals surface area contributed by atoms with Crippen LogP contribution in [0.25, 0.3) is 5.65 Å². The molecule has 3 unspecified atom stereocenters. The maximum absolute atomic E-state index is 12.5. The third-order valence-electron chi connectivity index (χ3n) is 6.09. The third-order valence-corrected chi connectivity index (χ3v) is 6.09. The molecule has 1 saturated heterocycles. The molecule has 0 spiro atoms. The first-order chi connectivity index (χ1) is 12.5. The number of carbonyl (C=O) groups excluding carboxylic acids is 2. The lowest BCUT2D eigenvalue weighted by molar-refractivity contribution is -0.130. The standard InChI is InChI=1S/C20H26N4O2/c1-13-5-4-8-23-16(10-22-20(13)23)9-19(26)21-11-17-15-6-3-7-18(17)24(12-15)14(2)25/h4-5,8,10,15,17-18H,3,6-7,9,11-12H2,1-2H3,(H,21,26). The zero-order chi connectivity index (χ0) is 18.3. The molecule has 0 radical (unpaired) electrons. The topological polar surface area (TPSA) is 66.7 Å². The Labute approximate surface area is 153 Å². The van der Waals surface area contributed by atoms with Gasteiger partial charge in [-0.05, 0) is 37.3 Å². The molecule has 1 N–H and O–H groups in total. The first-order valence-electron chi connectivity index (χ1n) is 9.50. The number of amides is 2. The Balaban J connectivity index is 1.40. The van der Waals surface area contributed by atoms with Crippen molar-refractivity contribution in [2.75, 3.05) is 13.1 Å². The Morgan fingerprint density at radius 1 is 1.35 bits per heavy atom. The SMILES string of the molecule is CC(=O)N1CC2CCCC1C2CNC(=O)Cc1cnc2c(C)cccn12. The van der Waals surface area contributed by atoms with Crippen LogP contribution >= 0.6 is 0 Å². The number of fused-ring (bicyclic) bond motifs is 3. The second-order valence-electron chi connectivity index (χ2n) is 7.71. The van der Waals surface area contributed by atoms with Crippen LogP contribution in [0.15, 0.2) is 24.5 Å². The van der Waals surface area contributed by atoms with Crippen LogP contribution in [0.5, 0.6) is 0 Å². The summed E-state index contributed by atoms with van der Waals surface area (Å²) in [6, 6.07) is 4.29. The highest BCUT2D eigenvalue weighted by Crippen LogP contribution is 2.40. The summed E-state index contributed by atoms with van der Waals surface area (Å²) in [6.45, 7) is 5.19. The minimum Gasteiger partial charge on any atom is -0.355 e. The van der Waals surface area contributed by atoms with Crippen molar-refractivity contribution in [1.29, 1.82) is 0 Å². The molecule has 1 aliphatic carbocycles. The van der Waals surface area contributed by atoms with Gasteiger partial charge < -0.3 is 14.6 Å². The molecular formula is C20H26N4O2. The van der Waals surface area contributed by atoms with E-state index in [0.29, 0.717) is 30.8 Å². The van der Waals surface area contributed by atoms with Crippen molar-refractivity contribution in [2.45, 2.75) is 45.6 Å². The molecule has 2 aromatic rings. The summed E-state index contributed by atoms with van der Waals surface area (Å²) in [6.07, 6.45) is 7.46. The summed E-state index contributed by atoms with van der Waals surface area (Å²) in [7, 11) is 0. The van der Waals surface area contributed by atoms with Gasteiger partial charge in [0.2, 0.25) is 11.8 Å². The first-order valence-corrected chi connectivity index (χ1v) is 9.50. The largest absolute Gasteiger partial charge is 0.355 e. The minimum absolute atomic E-state index is 0.0210. The highest BCUT2D eigenvalue weighted by Gasteiger charge is 2.44. The van der Waals surface area contributed by atoms with E-state index in [1.807, 2.05) is 34.6 Å². The van der Waals surface area contributed by atoms with Crippen molar-refractivity contribution in [3.63, 3.8) is 0 Å². The van der Waals surface area contributed by atoms with Crippen LogP contribution in [-0.4, -0.2) is 45.2 Å². The monoisotopic (exact) mass is 354 g/mol. The average Bonchev–Trinajstić information content (AvgIpc) is 3.09. The van der Waals surface area contributed by atoms with Gasteiger partial charge in [-0.25, -0.2) is 4.98 Å². The van der Waals surface area contributed by atoms with Crippen LogP contribution < -0.4 is 5.32 Å². The van der Waals surface area contributed by atoms with E-state index in [4.69, 9.17) is 0 Å². The number of hydrogen-bond acceptors (Lipinski definition) is 3.